The summed E-state index contributed by atoms with van der Waals surface area (Å²) in [6.45, 7) is 8.67. The van der Waals surface area contributed by atoms with E-state index in [1.165, 1.54) is 17.1 Å². The molecule has 0 radical (unpaired) electrons. The Bertz CT molecular complexity index is 1520. The molecule has 4 N–H and O–H groups in total. The number of nitrogens with one attached hydrogen (secondary N) is 4. The number of aromatic nitrogens is 5. The number of benzene rings is 1. The number of nitrogens with zero attached hydrogens (tertiary/aromatic N) is 5. The number of pyridine rings is 1. The van der Waals surface area contributed by atoms with Crippen LogP contribution in [0.25, 0.3) is 16.9 Å². The summed E-state index contributed by atoms with van der Waals surface area (Å²) in [5.41, 5.74) is 2.51. The fourth-order valence-corrected chi connectivity index (χ4v) is 4.52. The van der Waals surface area contributed by atoms with E-state index < -0.39 is 0 Å². The van der Waals surface area contributed by atoms with E-state index >= 15 is 0 Å². The molecule has 1 saturated heterocycles. The zero-order valence-corrected chi connectivity index (χ0v) is 21.3. The zero-order valence-electron chi connectivity index (χ0n) is 21.3. The second-order valence-corrected chi connectivity index (χ2v) is 8.92. The first-order valence-electron chi connectivity index (χ1n) is 12.7. The summed E-state index contributed by atoms with van der Waals surface area (Å²) in [5.74, 6) is 1.33. The number of rotatable bonds is 10. The molecule has 0 amide bonds. The van der Waals surface area contributed by atoms with E-state index in [2.05, 4.69) is 27.5 Å². The van der Waals surface area contributed by atoms with Gasteiger partial charge in [-0.1, -0.05) is 12.1 Å². The second kappa shape index (κ2) is 11.3. The largest absolute Gasteiger partial charge is 0.474 e. The van der Waals surface area contributed by atoms with Gasteiger partial charge < -0.3 is 26.1 Å². The van der Waals surface area contributed by atoms with Crippen molar-refractivity contribution in [2.75, 3.05) is 30.3 Å². The topological polar surface area (TPSA) is 135 Å². The van der Waals surface area contributed by atoms with E-state index in [0.29, 0.717) is 28.7 Å². The summed E-state index contributed by atoms with van der Waals surface area (Å²) in [7, 11) is 0. The molecule has 0 saturated carbocycles. The van der Waals surface area contributed by atoms with Crippen LogP contribution in [0.3, 0.4) is 0 Å². The molecule has 0 spiro atoms. The van der Waals surface area contributed by atoms with Crippen molar-refractivity contribution in [3.63, 3.8) is 0 Å². The molecule has 1 fully saturated rings. The van der Waals surface area contributed by atoms with Gasteiger partial charge in [-0.15, -0.1) is 6.58 Å². The summed E-state index contributed by atoms with van der Waals surface area (Å²) in [6.07, 6.45) is 6.39. The van der Waals surface area contributed by atoms with E-state index in [1.807, 2.05) is 43.3 Å². The summed E-state index contributed by atoms with van der Waals surface area (Å²) in [5, 5.41) is 17.9. The van der Waals surface area contributed by atoms with Gasteiger partial charge in [0, 0.05) is 42.0 Å². The zero-order chi connectivity index (χ0) is 26.5. The number of fused-ring (bicyclic) bond motifs is 1. The summed E-state index contributed by atoms with van der Waals surface area (Å²) in [4.78, 5) is 27.1. The van der Waals surface area contributed by atoms with E-state index in [-0.39, 0.29) is 18.2 Å². The van der Waals surface area contributed by atoms with Crippen molar-refractivity contribution in [2.45, 2.75) is 32.4 Å². The first-order chi connectivity index (χ1) is 18.6. The van der Waals surface area contributed by atoms with Gasteiger partial charge in [0.05, 0.1) is 6.54 Å². The number of hydrogen-bond acceptors (Lipinski definition) is 9. The third kappa shape index (κ3) is 5.14. The van der Waals surface area contributed by atoms with Crippen molar-refractivity contribution in [3.05, 3.63) is 71.2 Å². The van der Waals surface area contributed by atoms with Crippen LogP contribution in [0.4, 0.5) is 17.3 Å². The number of piperidine rings is 1. The molecule has 1 aliphatic rings. The number of allylic oxidation sites excluding steroid dienone is 1. The van der Waals surface area contributed by atoms with Crippen LogP contribution >= 0.6 is 0 Å². The molecule has 0 bridgehead atoms. The minimum Gasteiger partial charge on any atom is -0.474 e. The van der Waals surface area contributed by atoms with Crippen molar-refractivity contribution >= 4 is 34.6 Å². The molecule has 1 aromatic carbocycles. The maximum absolute atomic E-state index is 13.3. The Morgan fingerprint density at radius 3 is 2.84 bits per heavy atom. The third-order valence-electron chi connectivity index (χ3n) is 6.31. The standard InChI is InChI=1S/C27H31N9O2/c1-3-14-35-26(37)21-17-31-27(32-19-8-9-22(30-4-2)18(15-19)16-28)34-25(21)36(35)23-6-5-7-24(33-23)38-20-10-12-29-13-11-20/h3,5-9,15-17,20,28-30H,1,4,10-14H2,2H3,(H,31,32,34). The molecule has 0 unspecified atom stereocenters. The predicted octanol–water partition coefficient (Wildman–Crippen LogP) is 3.47. The average Bonchev–Trinajstić information content (AvgIpc) is 3.21. The van der Waals surface area contributed by atoms with Gasteiger partial charge in [0.1, 0.15) is 11.5 Å². The minimum absolute atomic E-state index is 0.0960. The minimum atomic E-state index is -0.237. The van der Waals surface area contributed by atoms with Gasteiger partial charge in [-0.25, -0.2) is 14.3 Å². The summed E-state index contributed by atoms with van der Waals surface area (Å²) >= 11 is 0. The van der Waals surface area contributed by atoms with Crippen LogP contribution in [-0.4, -0.2) is 56.3 Å². The fourth-order valence-electron chi connectivity index (χ4n) is 4.52. The lowest BCUT2D eigenvalue weighted by atomic mass is 10.1. The van der Waals surface area contributed by atoms with Crippen molar-refractivity contribution in [2.24, 2.45) is 0 Å². The van der Waals surface area contributed by atoms with Crippen LogP contribution in [0.2, 0.25) is 0 Å². The summed E-state index contributed by atoms with van der Waals surface area (Å²) in [6, 6.07) is 11.1. The SMILES string of the molecule is C=CCn1c(=O)c2cnc(Nc3ccc(NCC)c(C=N)c3)nc2n1-c1cccc(OC2CCNCC2)n1. The Kier molecular flexibility index (Phi) is 7.45. The van der Waals surface area contributed by atoms with Gasteiger partial charge in [-0.2, -0.15) is 9.97 Å². The molecule has 0 aliphatic carbocycles. The lowest BCUT2D eigenvalue weighted by Crippen LogP contribution is -2.34. The molecule has 5 rings (SSSR count). The van der Waals surface area contributed by atoms with Crippen LogP contribution in [0.15, 0.2) is 60.0 Å². The first kappa shape index (κ1) is 25.2. The number of ether oxygens (including phenoxy) is 1. The van der Waals surface area contributed by atoms with Crippen molar-refractivity contribution in [3.8, 4) is 11.7 Å². The smallest absolute Gasteiger partial charge is 0.278 e. The Labute approximate surface area is 220 Å². The van der Waals surface area contributed by atoms with Gasteiger partial charge in [0.2, 0.25) is 11.8 Å². The quantitative estimate of drug-likeness (QED) is 0.187. The van der Waals surface area contributed by atoms with E-state index in [9.17, 15) is 4.79 Å². The lowest BCUT2D eigenvalue weighted by Gasteiger charge is -2.23. The molecule has 0 atom stereocenters. The van der Waals surface area contributed by atoms with Crippen molar-refractivity contribution in [1.82, 2.24) is 29.6 Å². The number of anilines is 3. The maximum Gasteiger partial charge on any atom is 0.278 e. The molecule has 4 heterocycles. The normalized spacial score (nSPS) is 13.8. The Balaban J connectivity index is 1.53. The molecule has 4 aromatic rings. The van der Waals surface area contributed by atoms with E-state index in [1.54, 1.807) is 10.8 Å². The second-order valence-electron chi connectivity index (χ2n) is 8.92. The molecule has 11 nitrogen and oxygen atoms in total. The monoisotopic (exact) mass is 513 g/mol. The highest BCUT2D eigenvalue weighted by Gasteiger charge is 2.20. The Morgan fingerprint density at radius 1 is 1.24 bits per heavy atom. The maximum atomic E-state index is 13.3. The summed E-state index contributed by atoms with van der Waals surface area (Å²) < 4.78 is 9.36. The first-order valence-corrected chi connectivity index (χ1v) is 12.7. The van der Waals surface area contributed by atoms with Crippen LogP contribution in [0, 0.1) is 5.41 Å². The van der Waals surface area contributed by atoms with Crippen molar-refractivity contribution < 1.29 is 4.74 Å². The highest BCUT2D eigenvalue weighted by molar-refractivity contribution is 5.88. The van der Waals surface area contributed by atoms with Crippen LogP contribution in [-0.2, 0) is 6.54 Å². The van der Waals surface area contributed by atoms with E-state index in [4.69, 9.17) is 20.1 Å². The van der Waals surface area contributed by atoms with Gasteiger partial charge in [-0.3, -0.25) is 4.79 Å². The molecular weight excluding hydrogens is 482 g/mol. The molecule has 11 heteroatoms. The van der Waals surface area contributed by atoms with Crippen LogP contribution in [0.1, 0.15) is 25.3 Å². The van der Waals surface area contributed by atoms with Crippen LogP contribution in [0.5, 0.6) is 5.88 Å². The Morgan fingerprint density at radius 2 is 2.08 bits per heavy atom. The average molecular weight is 514 g/mol. The number of hydrogen-bond donors (Lipinski definition) is 4. The van der Waals surface area contributed by atoms with Crippen molar-refractivity contribution in [1.29, 1.82) is 5.41 Å². The van der Waals surface area contributed by atoms with Gasteiger partial charge in [-0.05, 0) is 57.1 Å². The van der Waals surface area contributed by atoms with Gasteiger partial charge >= 0.3 is 0 Å². The van der Waals surface area contributed by atoms with Crippen LogP contribution < -0.4 is 26.2 Å². The fraction of sp³-hybridized carbons (Fsp3) is 0.296. The molecule has 3 aromatic heterocycles. The molecule has 38 heavy (non-hydrogen) atoms. The highest BCUT2D eigenvalue weighted by atomic mass is 16.5. The molecular formula is C27H31N9O2. The third-order valence-corrected chi connectivity index (χ3v) is 6.31. The highest BCUT2D eigenvalue weighted by Crippen LogP contribution is 2.23. The van der Waals surface area contributed by atoms with Gasteiger partial charge in [0.25, 0.3) is 5.56 Å². The Hall–Kier alpha value is -4.51. The van der Waals surface area contributed by atoms with E-state index in [0.717, 1.165) is 49.4 Å². The lowest BCUT2D eigenvalue weighted by molar-refractivity contribution is 0.156. The molecule has 196 valence electrons. The predicted molar refractivity (Wildman–Crippen MR) is 149 cm³/mol. The molecule has 1 aliphatic heterocycles. The van der Waals surface area contributed by atoms with Gasteiger partial charge in [0.15, 0.2) is 11.5 Å².